The summed E-state index contributed by atoms with van der Waals surface area (Å²) in [6.07, 6.45) is -0.598. The van der Waals surface area contributed by atoms with Crippen molar-refractivity contribution in [3.63, 3.8) is 0 Å². The molecule has 0 fully saturated rings. The molecular formula is C7H9O6-. The molecule has 74 valence electrons. The van der Waals surface area contributed by atoms with Gasteiger partial charge in [0, 0.05) is 12.4 Å². The van der Waals surface area contributed by atoms with Gasteiger partial charge in [-0.1, -0.05) is 0 Å². The Kier molecular flexibility index (Phi) is 5.25. The van der Waals surface area contributed by atoms with Crippen LogP contribution in [0, 0.1) is 5.92 Å². The molecule has 0 aromatic carbocycles. The predicted molar refractivity (Wildman–Crippen MR) is 37.4 cm³/mol. The monoisotopic (exact) mass is 189 g/mol. The lowest BCUT2D eigenvalue weighted by Gasteiger charge is -2.11. The topological polar surface area (TPSA) is 104 Å². The summed E-state index contributed by atoms with van der Waals surface area (Å²) in [5.74, 6) is -3.73. The van der Waals surface area contributed by atoms with Crippen LogP contribution < -0.4 is 5.11 Å². The van der Waals surface area contributed by atoms with E-state index in [0.717, 1.165) is 0 Å². The van der Waals surface area contributed by atoms with E-state index in [-0.39, 0.29) is 19.5 Å². The molecule has 0 bridgehead atoms. The number of hydrogen-bond donors (Lipinski definition) is 1. The molecule has 1 N–H and O–H groups in total. The Morgan fingerprint density at radius 2 is 2.15 bits per heavy atom. The van der Waals surface area contributed by atoms with Crippen molar-refractivity contribution in [2.45, 2.75) is 12.8 Å². The van der Waals surface area contributed by atoms with Gasteiger partial charge in [-0.2, -0.15) is 0 Å². The van der Waals surface area contributed by atoms with Gasteiger partial charge >= 0.3 is 5.97 Å². The highest BCUT2D eigenvalue weighted by Gasteiger charge is 2.17. The molecule has 0 aromatic heterocycles. The second kappa shape index (κ2) is 5.99. The minimum Gasteiger partial charge on any atom is -0.550 e. The molecule has 0 amide bonds. The summed E-state index contributed by atoms with van der Waals surface area (Å²) in [6.45, 7) is 0.0751. The van der Waals surface area contributed by atoms with Crippen molar-refractivity contribution in [3.8, 4) is 0 Å². The van der Waals surface area contributed by atoms with E-state index >= 15 is 0 Å². The lowest BCUT2D eigenvalue weighted by molar-refractivity contribution is -0.306. The summed E-state index contributed by atoms with van der Waals surface area (Å²) < 4.78 is 4.24. The first kappa shape index (κ1) is 11.4. The van der Waals surface area contributed by atoms with Crippen LogP contribution in [0.15, 0.2) is 0 Å². The maximum Gasteiger partial charge on any atom is 0.307 e. The molecule has 0 aliphatic heterocycles. The van der Waals surface area contributed by atoms with E-state index < -0.39 is 24.3 Å². The molecular weight excluding hydrogens is 180 g/mol. The molecule has 0 radical (unpaired) electrons. The van der Waals surface area contributed by atoms with E-state index in [1.807, 2.05) is 0 Å². The second-order valence-electron chi connectivity index (χ2n) is 2.37. The van der Waals surface area contributed by atoms with Crippen molar-refractivity contribution in [1.82, 2.24) is 0 Å². The smallest absolute Gasteiger partial charge is 0.307 e. The number of aliphatic carboxylic acids is 2. The fourth-order valence-electron chi connectivity index (χ4n) is 0.772. The van der Waals surface area contributed by atoms with Crippen LogP contribution in [0.3, 0.4) is 0 Å². The molecule has 1 unspecified atom stereocenters. The average Bonchev–Trinajstić information content (AvgIpc) is 2.02. The van der Waals surface area contributed by atoms with Crippen molar-refractivity contribution < 1.29 is 29.3 Å². The summed E-state index contributed by atoms with van der Waals surface area (Å²) >= 11 is 0. The Morgan fingerprint density at radius 3 is 2.54 bits per heavy atom. The molecule has 0 aliphatic carbocycles. The molecule has 13 heavy (non-hydrogen) atoms. The first-order chi connectivity index (χ1) is 6.07. The summed E-state index contributed by atoms with van der Waals surface area (Å²) in [7, 11) is 0. The first-order valence-electron chi connectivity index (χ1n) is 3.55. The fraction of sp³-hybridized carbons (Fsp3) is 0.571. The lowest BCUT2D eigenvalue weighted by Crippen LogP contribution is -2.29. The highest BCUT2D eigenvalue weighted by molar-refractivity contribution is 5.76. The van der Waals surface area contributed by atoms with Gasteiger partial charge in [-0.15, -0.1) is 0 Å². The van der Waals surface area contributed by atoms with Gasteiger partial charge in [0.05, 0.1) is 12.5 Å². The van der Waals surface area contributed by atoms with Crippen LogP contribution in [0.1, 0.15) is 12.8 Å². The van der Waals surface area contributed by atoms with E-state index in [0.29, 0.717) is 0 Å². The zero-order chi connectivity index (χ0) is 10.3. The van der Waals surface area contributed by atoms with Crippen molar-refractivity contribution in [1.29, 1.82) is 0 Å². The van der Waals surface area contributed by atoms with Crippen LogP contribution in [-0.4, -0.2) is 30.1 Å². The zero-order valence-electron chi connectivity index (χ0n) is 6.76. The van der Waals surface area contributed by atoms with Gasteiger partial charge < -0.3 is 19.7 Å². The summed E-state index contributed by atoms with van der Waals surface area (Å²) in [5.41, 5.74) is 0. The normalized spacial score (nSPS) is 11.7. The van der Waals surface area contributed by atoms with Gasteiger partial charge in [-0.25, -0.2) is 0 Å². The molecule has 6 nitrogen and oxygen atoms in total. The molecule has 6 heteroatoms. The maximum atomic E-state index is 10.4. The quantitative estimate of drug-likeness (QED) is 0.381. The van der Waals surface area contributed by atoms with Crippen LogP contribution >= 0.6 is 0 Å². The average molecular weight is 189 g/mol. The third-order valence-corrected chi connectivity index (χ3v) is 1.41. The standard InChI is InChI=1S/C7H10O6/c8-4-13-2-1-5(7(11)12)3-6(9)10/h4-5H,1-3H2,(H,9,10)(H,11,12)/p-1. The molecule has 0 saturated carbocycles. The summed E-state index contributed by atoms with van der Waals surface area (Å²) in [4.78, 5) is 30.1. The summed E-state index contributed by atoms with van der Waals surface area (Å²) in [5, 5.41) is 18.5. The minimum absolute atomic E-state index is 0.0257. The minimum atomic E-state index is -1.43. The van der Waals surface area contributed by atoms with Gasteiger partial charge in [-0.3, -0.25) is 9.59 Å². The largest absolute Gasteiger partial charge is 0.550 e. The van der Waals surface area contributed by atoms with Gasteiger partial charge in [0.1, 0.15) is 0 Å². The SMILES string of the molecule is O=COCCC(CC(=O)[O-])C(=O)O. The van der Waals surface area contributed by atoms with Crippen LogP contribution in [0.4, 0.5) is 0 Å². The fourth-order valence-corrected chi connectivity index (χ4v) is 0.772. The van der Waals surface area contributed by atoms with Gasteiger partial charge in [0.2, 0.25) is 0 Å². The van der Waals surface area contributed by atoms with Crippen LogP contribution in [0.2, 0.25) is 0 Å². The van der Waals surface area contributed by atoms with Crippen LogP contribution in [0.25, 0.3) is 0 Å². The van der Waals surface area contributed by atoms with Crippen molar-refractivity contribution in [3.05, 3.63) is 0 Å². The Bertz CT molecular complexity index is 199. The lowest BCUT2D eigenvalue weighted by atomic mass is 10.0. The molecule has 1 atom stereocenters. The zero-order valence-corrected chi connectivity index (χ0v) is 6.76. The maximum absolute atomic E-state index is 10.4. The molecule has 0 aliphatic rings. The van der Waals surface area contributed by atoms with Crippen molar-refractivity contribution in [2.75, 3.05) is 6.61 Å². The highest BCUT2D eigenvalue weighted by atomic mass is 16.5. The van der Waals surface area contributed by atoms with E-state index in [1.54, 1.807) is 0 Å². The Hall–Kier alpha value is -1.59. The van der Waals surface area contributed by atoms with Crippen molar-refractivity contribution >= 4 is 18.4 Å². The van der Waals surface area contributed by atoms with Crippen LogP contribution in [0.5, 0.6) is 0 Å². The molecule has 0 spiro atoms. The molecule has 0 aromatic rings. The Labute approximate surface area is 74.1 Å². The Balaban J connectivity index is 3.87. The number of carbonyl (C=O) groups is 3. The van der Waals surface area contributed by atoms with E-state index in [2.05, 4.69) is 4.74 Å². The predicted octanol–water partition coefficient (Wildman–Crippen LogP) is -1.61. The molecule has 0 heterocycles. The Morgan fingerprint density at radius 1 is 1.54 bits per heavy atom. The highest BCUT2D eigenvalue weighted by Crippen LogP contribution is 2.07. The molecule has 0 rings (SSSR count). The van der Waals surface area contributed by atoms with E-state index in [1.165, 1.54) is 0 Å². The number of hydrogen-bond acceptors (Lipinski definition) is 5. The number of carboxylic acids is 2. The van der Waals surface area contributed by atoms with Crippen molar-refractivity contribution in [2.24, 2.45) is 5.92 Å². The third kappa shape index (κ3) is 5.66. The first-order valence-corrected chi connectivity index (χ1v) is 3.55. The van der Waals surface area contributed by atoms with Gasteiger partial charge in [-0.05, 0) is 6.42 Å². The van der Waals surface area contributed by atoms with Gasteiger partial charge in [0.15, 0.2) is 0 Å². The van der Waals surface area contributed by atoms with E-state index in [4.69, 9.17) is 5.11 Å². The number of ether oxygens (including phenoxy) is 1. The van der Waals surface area contributed by atoms with Crippen LogP contribution in [-0.2, 0) is 19.1 Å². The second-order valence-corrected chi connectivity index (χ2v) is 2.37. The van der Waals surface area contributed by atoms with Gasteiger partial charge in [0.25, 0.3) is 6.47 Å². The number of rotatable bonds is 7. The van der Waals surface area contributed by atoms with E-state index in [9.17, 15) is 19.5 Å². The summed E-state index contributed by atoms with van der Waals surface area (Å²) in [6, 6.07) is 0. The third-order valence-electron chi connectivity index (χ3n) is 1.41. The number of carbonyl (C=O) groups excluding carboxylic acids is 2. The molecule has 0 saturated heterocycles. The number of carboxylic acid groups (broad SMARTS) is 2.